The third-order valence-corrected chi connectivity index (χ3v) is 10.6. The van der Waals surface area contributed by atoms with E-state index >= 15 is 0 Å². The molecule has 3 aromatic rings. The summed E-state index contributed by atoms with van der Waals surface area (Å²) < 4.78 is 69.7. The number of benzene rings is 3. The van der Waals surface area contributed by atoms with Gasteiger partial charge in [0, 0.05) is 5.69 Å². The highest BCUT2D eigenvalue weighted by molar-refractivity contribution is 7.89. The molecule has 1 fully saturated rings. The fourth-order valence-electron chi connectivity index (χ4n) is 5.56. The van der Waals surface area contributed by atoms with E-state index in [1.165, 1.54) is 35.8 Å². The van der Waals surface area contributed by atoms with Gasteiger partial charge in [-0.1, -0.05) is 62.6 Å². The van der Waals surface area contributed by atoms with Crippen LogP contribution in [0.25, 0.3) is 6.08 Å². The van der Waals surface area contributed by atoms with Crippen molar-refractivity contribution in [3.8, 4) is 11.5 Å². The Kier molecular flexibility index (Phi) is 15.2. The van der Waals surface area contributed by atoms with Crippen LogP contribution in [-0.4, -0.2) is 77.8 Å². The Morgan fingerprint density at radius 2 is 1.29 bits per heavy atom. The lowest BCUT2D eigenvalue weighted by atomic mass is 10.1. The predicted octanol–water partition coefficient (Wildman–Crippen LogP) is 5.73. The summed E-state index contributed by atoms with van der Waals surface area (Å²) in [6.07, 6.45) is 5.94. The van der Waals surface area contributed by atoms with Gasteiger partial charge in [-0.3, -0.25) is 18.0 Å². The Morgan fingerprint density at radius 3 is 1.87 bits per heavy atom. The molecule has 2 atom stereocenters. The van der Waals surface area contributed by atoms with Crippen molar-refractivity contribution in [3.05, 3.63) is 94.9 Å². The maximum absolute atomic E-state index is 13.4. The number of unbranched alkanes of at least 4 members (excludes halogenated alkanes) is 3. The van der Waals surface area contributed by atoms with Crippen LogP contribution >= 0.6 is 0 Å². The molecular weight excluding hydrogens is 709 g/mol. The maximum atomic E-state index is 13.4. The molecule has 2 amide bonds. The van der Waals surface area contributed by atoms with E-state index < -0.39 is 44.3 Å². The molecular formula is C38H48N2O10S2. The Bertz CT molecular complexity index is 1840. The number of aryl methyl sites for hydroxylation is 2. The van der Waals surface area contributed by atoms with Crippen molar-refractivity contribution in [2.45, 2.75) is 71.5 Å². The predicted molar refractivity (Wildman–Crippen MR) is 200 cm³/mol. The Labute approximate surface area is 307 Å². The molecule has 0 saturated carbocycles. The maximum Gasteiger partial charge on any atom is 0.313 e. The zero-order valence-corrected chi connectivity index (χ0v) is 31.5. The van der Waals surface area contributed by atoms with Gasteiger partial charge in [0.25, 0.3) is 20.2 Å². The van der Waals surface area contributed by atoms with Crippen molar-refractivity contribution in [3.63, 3.8) is 0 Å². The van der Waals surface area contributed by atoms with E-state index in [1.807, 2.05) is 12.1 Å². The average molecular weight is 757 g/mol. The van der Waals surface area contributed by atoms with Crippen molar-refractivity contribution in [2.24, 2.45) is 0 Å². The van der Waals surface area contributed by atoms with Crippen LogP contribution in [0.2, 0.25) is 0 Å². The molecule has 0 aromatic heterocycles. The van der Waals surface area contributed by atoms with Gasteiger partial charge < -0.3 is 19.7 Å². The Balaban J connectivity index is 1.44. The highest BCUT2D eigenvalue weighted by Crippen LogP contribution is 2.25. The molecule has 14 heteroatoms. The minimum absolute atomic E-state index is 0.0283. The largest absolute Gasteiger partial charge is 0.485 e. The van der Waals surface area contributed by atoms with Crippen LogP contribution in [-0.2, 0) is 51.0 Å². The van der Waals surface area contributed by atoms with Crippen LogP contribution in [0.1, 0.15) is 63.1 Å². The molecule has 0 radical (unpaired) electrons. The van der Waals surface area contributed by atoms with E-state index in [4.69, 9.17) is 17.8 Å². The molecule has 1 saturated heterocycles. The summed E-state index contributed by atoms with van der Waals surface area (Å²) in [7, 11) is -7.40. The van der Waals surface area contributed by atoms with Gasteiger partial charge >= 0.3 is 11.8 Å². The second kappa shape index (κ2) is 19.6. The molecule has 0 spiro atoms. The van der Waals surface area contributed by atoms with Gasteiger partial charge in [0.2, 0.25) is 0 Å². The van der Waals surface area contributed by atoms with E-state index in [0.29, 0.717) is 22.7 Å². The minimum atomic E-state index is -3.79. The van der Waals surface area contributed by atoms with Crippen molar-refractivity contribution in [2.75, 3.05) is 37.4 Å². The summed E-state index contributed by atoms with van der Waals surface area (Å²) in [6.45, 7) is 5.61. The van der Waals surface area contributed by atoms with Crippen molar-refractivity contribution >= 4 is 43.8 Å². The molecule has 0 aliphatic carbocycles. The van der Waals surface area contributed by atoms with Crippen molar-refractivity contribution < 1.29 is 44.3 Å². The van der Waals surface area contributed by atoms with Crippen LogP contribution in [0.3, 0.4) is 0 Å². The van der Waals surface area contributed by atoms with Crippen LogP contribution in [0.15, 0.2) is 78.2 Å². The van der Waals surface area contributed by atoms with Crippen molar-refractivity contribution in [1.29, 1.82) is 0 Å². The number of anilines is 1. The number of hydrogen-bond acceptors (Lipinski definition) is 10. The molecule has 12 nitrogen and oxygen atoms in total. The first-order chi connectivity index (χ1) is 24.9. The molecule has 3 aromatic carbocycles. The number of nitrogens with zero attached hydrogens (tertiary/aromatic N) is 1. The standard InChI is InChI=1S/C38H48N2O10S2/c1-4-7-8-9-10-29-11-17-32(18-12-29)39-37(41)38(42)40-27-35(49-33-19-13-30(14-20-33)23-25-51(43,44)47-5-2)36(28-40)50-34-21-15-31(16-22-34)24-26-52(45,46)48-6-3/h11-23,25,35-36H,4-10,24,26-28H2,1-3H3,(H,39,41)/b25-23+/t35-,36-/m1/s1. The van der Waals surface area contributed by atoms with Crippen LogP contribution < -0.4 is 14.8 Å². The number of carbonyl (C=O) groups excluding carboxylic acids is 2. The summed E-state index contributed by atoms with van der Waals surface area (Å²) >= 11 is 0. The van der Waals surface area contributed by atoms with Gasteiger partial charge in [-0.15, -0.1) is 0 Å². The van der Waals surface area contributed by atoms with E-state index in [9.17, 15) is 26.4 Å². The van der Waals surface area contributed by atoms with Crippen LogP contribution in [0.4, 0.5) is 5.69 Å². The summed E-state index contributed by atoms with van der Waals surface area (Å²) in [4.78, 5) is 27.9. The first-order valence-corrected chi connectivity index (χ1v) is 20.6. The fraction of sp³-hybridized carbons (Fsp3) is 0.421. The third kappa shape index (κ3) is 13.1. The SMILES string of the molecule is CCCCCCc1ccc(NC(=O)C(=O)N2C[C@@H](Oc3ccc(/C=C/S(=O)(=O)OCC)cc3)[C@H](Oc3ccc(CCS(=O)(=O)OCC)cc3)C2)cc1. The highest BCUT2D eigenvalue weighted by atomic mass is 32.2. The third-order valence-electron chi connectivity index (χ3n) is 8.25. The second-order valence-corrected chi connectivity index (χ2v) is 15.6. The molecule has 1 aliphatic rings. The molecule has 1 aliphatic heterocycles. The average Bonchev–Trinajstić information content (AvgIpc) is 3.51. The van der Waals surface area contributed by atoms with E-state index in [2.05, 4.69) is 12.2 Å². The monoisotopic (exact) mass is 756 g/mol. The molecule has 52 heavy (non-hydrogen) atoms. The fourth-order valence-corrected chi connectivity index (χ4v) is 7.26. The highest BCUT2D eigenvalue weighted by Gasteiger charge is 2.40. The van der Waals surface area contributed by atoms with Gasteiger partial charge in [-0.05, 0) is 92.3 Å². The number of likely N-dealkylation sites (tertiary alicyclic amines) is 1. The number of carbonyl (C=O) groups is 2. The summed E-state index contributed by atoms with van der Waals surface area (Å²) in [5.74, 6) is -0.745. The zero-order valence-electron chi connectivity index (χ0n) is 29.9. The Hall–Kier alpha value is -4.24. The van der Waals surface area contributed by atoms with E-state index in [0.717, 1.165) is 23.8 Å². The summed E-state index contributed by atoms with van der Waals surface area (Å²) in [5, 5.41) is 3.68. The van der Waals surface area contributed by atoms with Crippen LogP contribution in [0, 0.1) is 0 Å². The van der Waals surface area contributed by atoms with Gasteiger partial charge in [-0.2, -0.15) is 16.8 Å². The number of amides is 2. The summed E-state index contributed by atoms with van der Waals surface area (Å²) in [6, 6.07) is 21.1. The number of hydrogen-bond donors (Lipinski definition) is 1. The number of nitrogens with one attached hydrogen (secondary N) is 1. The molecule has 282 valence electrons. The molecule has 1 N–H and O–H groups in total. The lowest BCUT2D eigenvalue weighted by molar-refractivity contribution is -0.142. The molecule has 1 heterocycles. The second-order valence-electron chi connectivity index (χ2n) is 12.3. The van der Waals surface area contributed by atoms with Crippen LogP contribution in [0.5, 0.6) is 11.5 Å². The first-order valence-electron chi connectivity index (χ1n) is 17.6. The van der Waals surface area contributed by atoms with E-state index in [1.54, 1.807) is 74.5 Å². The van der Waals surface area contributed by atoms with Gasteiger partial charge in [0.15, 0.2) is 12.2 Å². The quantitative estimate of drug-likeness (QED) is 0.0911. The van der Waals surface area contributed by atoms with Crippen molar-refractivity contribution in [1.82, 2.24) is 4.90 Å². The van der Waals surface area contributed by atoms with E-state index in [-0.39, 0.29) is 38.5 Å². The normalized spacial score (nSPS) is 16.2. The minimum Gasteiger partial charge on any atom is -0.485 e. The van der Waals surface area contributed by atoms with Gasteiger partial charge in [-0.25, -0.2) is 0 Å². The topological polar surface area (TPSA) is 155 Å². The molecule has 0 unspecified atom stereocenters. The number of rotatable bonds is 19. The molecule has 0 bridgehead atoms. The number of ether oxygens (including phenoxy) is 2. The zero-order chi connectivity index (χ0) is 37.6. The first kappa shape index (κ1) is 40.5. The summed E-state index contributed by atoms with van der Waals surface area (Å²) in [5.41, 5.74) is 3.06. The molecule has 4 rings (SSSR count). The van der Waals surface area contributed by atoms with Gasteiger partial charge in [0.1, 0.15) is 11.5 Å². The van der Waals surface area contributed by atoms with Gasteiger partial charge in [0.05, 0.1) is 37.5 Å². The Morgan fingerprint density at radius 1 is 0.731 bits per heavy atom. The lowest BCUT2D eigenvalue weighted by Gasteiger charge is -2.21. The lowest BCUT2D eigenvalue weighted by Crippen LogP contribution is -2.39. The smallest absolute Gasteiger partial charge is 0.313 e.